The Morgan fingerprint density at radius 3 is 2.52 bits per heavy atom. The fourth-order valence-electron chi connectivity index (χ4n) is 1.88. The Hall–Kier alpha value is -1.72. The third-order valence-corrected chi connectivity index (χ3v) is 3.11. The van der Waals surface area contributed by atoms with Gasteiger partial charge in [-0.25, -0.2) is 0 Å². The predicted molar refractivity (Wildman–Crippen MR) is 77.6 cm³/mol. The van der Waals surface area contributed by atoms with Crippen LogP contribution in [0.2, 0.25) is 0 Å². The first-order valence-electron chi connectivity index (χ1n) is 6.91. The van der Waals surface area contributed by atoms with E-state index >= 15 is 0 Å². The number of carbonyl (C=O) groups is 1. The first-order valence-corrected chi connectivity index (χ1v) is 6.91. The molecule has 0 heterocycles. The number of alkyl halides is 3. The lowest BCUT2D eigenvalue weighted by molar-refractivity contribution is -0.136. The van der Waals surface area contributed by atoms with Crippen molar-refractivity contribution in [2.45, 2.75) is 32.9 Å². The van der Waals surface area contributed by atoms with E-state index in [2.05, 4.69) is 5.32 Å². The highest BCUT2D eigenvalue weighted by molar-refractivity contribution is 5.95. The zero-order chi connectivity index (χ0) is 16.0. The molecular formula is C15H21F3N2O. The van der Waals surface area contributed by atoms with Gasteiger partial charge < -0.3 is 10.2 Å². The van der Waals surface area contributed by atoms with Crippen LogP contribution in [0.25, 0.3) is 0 Å². The summed E-state index contributed by atoms with van der Waals surface area (Å²) < 4.78 is 36.6. The molecule has 1 N–H and O–H groups in total. The average Bonchev–Trinajstić information content (AvgIpc) is 2.41. The summed E-state index contributed by atoms with van der Waals surface area (Å²) in [6, 6.07) is 5.26. The second-order valence-electron chi connectivity index (χ2n) is 5.05. The Morgan fingerprint density at radius 2 is 2.00 bits per heavy atom. The van der Waals surface area contributed by atoms with Crippen molar-refractivity contribution in [1.82, 2.24) is 4.90 Å². The van der Waals surface area contributed by atoms with Gasteiger partial charge in [0, 0.05) is 31.4 Å². The molecule has 0 saturated heterocycles. The summed E-state index contributed by atoms with van der Waals surface area (Å²) >= 11 is 0. The van der Waals surface area contributed by atoms with Crippen LogP contribution in [0.4, 0.5) is 18.9 Å². The van der Waals surface area contributed by atoms with Crippen LogP contribution in [0.5, 0.6) is 0 Å². The zero-order valence-corrected chi connectivity index (χ0v) is 12.5. The highest BCUT2D eigenvalue weighted by Crippen LogP contribution is 2.21. The van der Waals surface area contributed by atoms with Crippen molar-refractivity contribution < 1.29 is 18.0 Å². The van der Waals surface area contributed by atoms with Gasteiger partial charge in [0.2, 0.25) is 0 Å². The zero-order valence-electron chi connectivity index (χ0n) is 12.5. The molecule has 0 aliphatic rings. The van der Waals surface area contributed by atoms with E-state index in [0.29, 0.717) is 5.56 Å². The summed E-state index contributed by atoms with van der Waals surface area (Å²) in [5.74, 6) is -0.390. The highest BCUT2D eigenvalue weighted by atomic mass is 19.4. The highest BCUT2D eigenvalue weighted by Gasteiger charge is 2.28. The Balaban J connectivity index is 2.73. The van der Waals surface area contributed by atoms with Crippen molar-refractivity contribution in [2.75, 3.05) is 25.5 Å². The molecule has 0 bridgehead atoms. The maximum atomic E-state index is 12.2. The number of benzene rings is 1. The second-order valence-corrected chi connectivity index (χ2v) is 5.05. The van der Waals surface area contributed by atoms with E-state index in [-0.39, 0.29) is 6.54 Å². The first kappa shape index (κ1) is 17.3. The number of hydrogen-bond acceptors (Lipinski definition) is 2. The van der Waals surface area contributed by atoms with Crippen LogP contribution in [-0.4, -0.2) is 37.1 Å². The van der Waals surface area contributed by atoms with Crippen LogP contribution in [0.3, 0.4) is 0 Å². The van der Waals surface area contributed by atoms with Crippen LogP contribution in [-0.2, 0) is 0 Å². The molecule has 0 fully saturated rings. The van der Waals surface area contributed by atoms with Crippen molar-refractivity contribution in [2.24, 2.45) is 0 Å². The number of aryl methyl sites for hydroxylation is 1. The predicted octanol–water partition coefficient (Wildman–Crippen LogP) is 3.84. The van der Waals surface area contributed by atoms with E-state index in [4.69, 9.17) is 0 Å². The van der Waals surface area contributed by atoms with E-state index in [0.717, 1.165) is 29.1 Å². The van der Waals surface area contributed by atoms with Gasteiger partial charge in [-0.15, -0.1) is 0 Å². The molecule has 118 valence electrons. The van der Waals surface area contributed by atoms with Gasteiger partial charge in [-0.1, -0.05) is 6.92 Å². The van der Waals surface area contributed by atoms with E-state index < -0.39 is 18.5 Å². The van der Waals surface area contributed by atoms with Gasteiger partial charge in [-0.05, 0) is 37.1 Å². The van der Waals surface area contributed by atoms with Gasteiger partial charge in [0.25, 0.3) is 5.91 Å². The molecule has 1 rings (SSSR count). The minimum absolute atomic E-state index is 0.336. The molecule has 6 heteroatoms. The van der Waals surface area contributed by atoms with Gasteiger partial charge in [0.1, 0.15) is 0 Å². The Morgan fingerprint density at radius 1 is 1.33 bits per heavy atom. The molecule has 0 aliphatic heterocycles. The topological polar surface area (TPSA) is 32.3 Å². The summed E-state index contributed by atoms with van der Waals surface area (Å²) in [5.41, 5.74) is 2.09. The van der Waals surface area contributed by atoms with Crippen LogP contribution < -0.4 is 5.32 Å². The van der Waals surface area contributed by atoms with Gasteiger partial charge in [-0.3, -0.25) is 4.79 Å². The fraction of sp³-hybridized carbons (Fsp3) is 0.533. The lowest BCUT2D eigenvalue weighted by Gasteiger charge is -2.19. The molecule has 1 aromatic carbocycles. The lowest BCUT2D eigenvalue weighted by Crippen LogP contribution is -2.31. The number of amides is 1. The van der Waals surface area contributed by atoms with Crippen molar-refractivity contribution in [3.8, 4) is 0 Å². The molecule has 0 spiro atoms. The van der Waals surface area contributed by atoms with E-state index in [9.17, 15) is 18.0 Å². The van der Waals surface area contributed by atoms with Crippen LogP contribution in [0.1, 0.15) is 35.7 Å². The van der Waals surface area contributed by atoms with Crippen molar-refractivity contribution in [1.29, 1.82) is 0 Å². The third kappa shape index (κ3) is 5.65. The number of rotatable bonds is 6. The molecular weight excluding hydrogens is 281 g/mol. The summed E-state index contributed by atoms with van der Waals surface area (Å²) in [4.78, 5) is 13.3. The van der Waals surface area contributed by atoms with Crippen LogP contribution >= 0.6 is 0 Å². The fourth-order valence-corrected chi connectivity index (χ4v) is 1.88. The Kier molecular flexibility index (Phi) is 6.05. The lowest BCUT2D eigenvalue weighted by atomic mass is 10.1. The number of halogens is 3. The van der Waals surface area contributed by atoms with Gasteiger partial charge in [0.05, 0.1) is 6.42 Å². The number of hydrogen-bond donors (Lipinski definition) is 1. The molecule has 0 radical (unpaired) electrons. The summed E-state index contributed by atoms with van der Waals surface area (Å²) in [6.07, 6.45) is -4.26. The monoisotopic (exact) mass is 302 g/mol. The first-order chi connectivity index (χ1) is 9.74. The summed E-state index contributed by atoms with van der Waals surface area (Å²) in [7, 11) is 1.39. The minimum Gasteiger partial charge on any atom is -0.385 e. The van der Waals surface area contributed by atoms with E-state index in [1.807, 2.05) is 13.0 Å². The molecule has 3 nitrogen and oxygen atoms in total. The average molecular weight is 302 g/mol. The normalized spacial score (nSPS) is 11.3. The largest absolute Gasteiger partial charge is 0.390 e. The molecule has 0 saturated carbocycles. The van der Waals surface area contributed by atoms with Crippen molar-refractivity contribution >= 4 is 11.6 Å². The quantitative estimate of drug-likeness (QED) is 0.866. The smallest absolute Gasteiger partial charge is 0.385 e. The number of carbonyl (C=O) groups excluding carboxylic acids is 1. The van der Waals surface area contributed by atoms with Crippen molar-refractivity contribution in [3.63, 3.8) is 0 Å². The number of nitrogens with one attached hydrogen (secondary N) is 1. The van der Waals surface area contributed by atoms with E-state index in [1.54, 1.807) is 19.1 Å². The summed E-state index contributed by atoms with van der Waals surface area (Å²) in [5, 5.41) is 3.20. The molecule has 0 unspecified atom stereocenters. The molecule has 0 aromatic heterocycles. The second kappa shape index (κ2) is 7.33. The molecule has 0 aliphatic carbocycles. The Bertz CT molecular complexity index is 486. The van der Waals surface area contributed by atoms with Crippen LogP contribution in [0.15, 0.2) is 18.2 Å². The molecule has 1 amide bonds. The maximum Gasteiger partial charge on any atom is 0.390 e. The SMILES string of the molecule is CCCNc1ccc(C(=O)N(C)CCC(F)(F)F)c(C)c1. The standard InChI is InChI=1S/C15H21F3N2O/c1-4-8-19-12-5-6-13(11(2)10-12)14(21)20(3)9-7-15(16,17)18/h5-6,10,19H,4,7-9H2,1-3H3. The van der Waals surface area contributed by atoms with Crippen LogP contribution in [0, 0.1) is 6.92 Å². The maximum absolute atomic E-state index is 12.2. The minimum atomic E-state index is -4.25. The summed E-state index contributed by atoms with van der Waals surface area (Å²) in [6.45, 7) is 4.32. The van der Waals surface area contributed by atoms with Gasteiger partial charge in [-0.2, -0.15) is 13.2 Å². The molecule has 1 aromatic rings. The van der Waals surface area contributed by atoms with Gasteiger partial charge >= 0.3 is 6.18 Å². The van der Waals surface area contributed by atoms with Gasteiger partial charge in [0.15, 0.2) is 0 Å². The number of nitrogens with zero attached hydrogens (tertiary/aromatic N) is 1. The molecule has 21 heavy (non-hydrogen) atoms. The third-order valence-electron chi connectivity index (χ3n) is 3.11. The van der Waals surface area contributed by atoms with Crippen molar-refractivity contribution in [3.05, 3.63) is 29.3 Å². The molecule has 0 atom stereocenters. The van der Waals surface area contributed by atoms with E-state index in [1.165, 1.54) is 7.05 Å². The number of anilines is 1. The Labute approximate surface area is 123 Å².